The minimum absolute atomic E-state index is 0.00621. The Morgan fingerprint density at radius 1 is 1.35 bits per heavy atom. The standard InChI is InChI=1S/C14H15NO5/c16-12(15-14(13(17)18)5-6-19-8-14)11-7-9-3-1-2-4-10(9)20-11/h1-4,11H,5-8H2,(H,15,16)(H,17,18). The van der Waals surface area contributed by atoms with E-state index < -0.39 is 23.5 Å². The molecule has 0 radical (unpaired) electrons. The van der Waals surface area contributed by atoms with Crippen LogP contribution in [0.2, 0.25) is 0 Å². The number of amides is 1. The Morgan fingerprint density at radius 2 is 2.15 bits per heavy atom. The van der Waals surface area contributed by atoms with E-state index in [1.807, 2.05) is 18.2 Å². The monoisotopic (exact) mass is 277 g/mol. The molecule has 1 aromatic rings. The first kappa shape index (κ1) is 12.9. The lowest BCUT2D eigenvalue weighted by Crippen LogP contribution is -2.58. The summed E-state index contributed by atoms with van der Waals surface area (Å²) in [6.07, 6.45) is 0.0518. The highest BCUT2D eigenvalue weighted by Crippen LogP contribution is 2.29. The summed E-state index contributed by atoms with van der Waals surface area (Å²) >= 11 is 0. The Balaban J connectivity index is 1.71. The maximum atomic E-state index is 12.2. The smallest absolute Gasteiger partial charge is 0.331 e. The predicted octanol–water partition coefficient (Wildman–Crippen LogP) is 0.350. The van der Waals surface area contributed by atoms with E-state index in [1.54, 1.807) is 6.07 Å². The number of hydrogen-bond donors (Lipinski definition) is 2. The van der Waals surface area contributed by atoms with Crippen LogP contribution in [0.4, 0.5) is 0 Å². The second kappa shape index (κ2) is 4.79. The van der Waals surface area contributed by atoms with Crippen LogP contribution in [0.25, 0.3) is 0 Å². The fourth-order valence-corrected chi connectivity index (χ4v) is 2.53. The number of carboxylic acid groups (broad SMARTS) is 1. The quantitative estimate of drug-likeness (QED) is 0.832. The number of rotatable bonds is 3. The van der Waals surface area contributed by atoms with Crippen molar-refractivity contribution >= 4 is 11.9 Å². The molecule has 2 aliphatic heterocycles. The Kier molecular flexibility index (Phi) is 3.10. The maximum absolute atomic E-state index is 12.2. The lowest BCUT2D eigenvalue weighted by molar-refractivity contribution is -0.148. The number of hydrogen-bond acceptors (Lipinski definition) is 4. The van der Waals surface area contributed by atoms with Crippen LogP contribution < -0.4 is 10.1 Å². The number of aliphatic carboxylic acids is 1. The third-order valence-corrected chi connectivity index (χ3v) is 3.73. The van der Waals surface area contributed by atoms with Crippen LogP contribution >= 0.6 is 0 Å². The zero-order valence-electron chi connectivity index (χ0n) is 10.8. The molecule has 6 heteroatoms. The van der Waals surface area contributed by atoms with Gasteiger partial charge in [0.15, 0.2) is 11.6 Å². The molecule has 0 bridgehead atoms. The first-order valence-electron chi connectivity index (χ1n) is 6.48. The molecule has 0 saturated carbocycles. The summed E-state index contributed by atoms with van der Waals surface area (Å²) in [7, 11) is 0. The second-order valence-corrected chi connectivity index (χ2v) is 5.10. The van der Waals surface area contributed by atoms with Crippen molar-refractivity contribution in [3.63, 3.8) is 0 Å². The molecule has 0 spiro atoms. The predicted molar refractivity (Wildman–Crippen MR) is 68.5 cm³/mol. The molecule has 3 rings (SSSR count). The molecule has 1 aromatic carbocycles. The second-order valence-electron chi connectivity index (χ2n) is 5.10. The summed E-state index contributed by atoms with van der Waals surface area (Å²) < 4.78 is 10.7. The topological polar surface area (TPSA) is 84.9 Å². The highest BCUT2D eigenvalue weighted by molar-refractivity contribution is 5.90. The lowest BCUT2D eigenvalue weighted by Gasteiger charge is -2.25. The molecule has 2 heterocycles. The van der Waals surface area contributed by atoms with Gasteiger partial charge in [-0.25, -0.2) is 4.79 Å². The molecule has 1 amide bonds. The largest absolute Gasteiger partial charge is 0.480 e. The lowest BCUT2D eigenvalue weighted by atomic mass is 9.98. The highest BCUT2D eigenvalue weighted by Gasteiger charge is 2.45. The zero-order chi connectivity index (χ0) is 14.2. The van der Waals surface area contributed by atoms with E-state index in [4.69, 9.17) is 9.47 Å². The van der Waals surface area contributed by atoms with Gasteiger partial charge >= 0.3 is 5.97 Å². The number of nitrogens with one attached hydrogen (secondary N) is 1. The van der Waals surface area contributed by atoms with Crippen LogP contribution in [-0.4, -0.2) is 41.8 Å². The van der Waals surface area contributed by atoms with E-state index in [2.05, 4.69) is 5.32 Å². The average Bonchev–Trinajstić information content (AvgIpc) is 3.05. The van der Waals surface area contributed by atoms with Crippen LogP contribution in [0.3, 0.4) is 0 Å². The molecular weight excluding hydrogens is 262 g/mol. The first-order chi connectivity index (χ1) is 9.61. The van der Waals surface area contributed by atoms with Crippen LogP contribution in [0.5, 0.6) is 5.75 Å². The van der Waals surface area contributed by atoms with E-state index in [0.717, 1.165) is 5.56 Å². The van der Waals surface area contributed by atoms with Crippen LogP contribution in [-0.2, 0) is 20.7 Å². The van der Waals surface area contributed by atoms with E-state index in [9.17, 15) is 14.7 Å². The summed E-state index contributed by atoms with van der Waals surface area (Å²) in [5.41, 5.74) is -0.366. The number of carboxylic acids is 1. The summed E-state index contributed by atoms with van der Waals surface area (Å²) in [5.74, 6) is -0.798. The highest BCUT2D eigenvalue weighted by atomic mass is 16.5. The van der Waals surface area contributed by atoms with Crippen molar-refractivity contribution in [1.29, 1.82) is 0 Å². The van der Waals surface area contributed by atoms with Crippen molar-refractivity contribution in [2.75, 3.05) is 13.2 Å². The van der Waals surface area contributed by atoms with Crippen LogP contribution in [0.15, 0.2) is 24.3 Å². The van der Waals surface area contributed by atoms with Gasteiger partial charge in [0.25, 0.3) is 5.91 Å². The molecule has 2 N–H and O–H groups in total. The fraction of sp³-hybridized carbons (Fsp3) is 0.429. The number of carbonyl (C=O) groups excluding carboxylic acids is 1. The van der Waals surface area contributed by atoms with Gasteiger partial charge in [-0.3, -0.25) is 4.79 Å². The van der Waals surface area contributed by atoms with E-state index in [-0.39, 0.29) is 13.0 Å². The third-order valence-electron chi connectivity index (χ3n) is 3.73. The summed E-state index contributed by atoms with van der Waals surface area (Å²) in [5, 5.41) is 11.9. The Morgan fingerprint density at radius 3 is 2.80 bits per heavy atom. The van der Waals surface area contributed by atoms with Crippen molar-refractivity contribution < 1.29 is 24.2 Å². The summed E-state index contributed by atoms with van der Waals surface area (Å²) in [6, 6.07) is 7.41. The average molecular weight is 277 g/mol. The molecule has 0 aromatic heterocycles. The van der Waals surface area contributed by atoms with Gasteiger partial charge in [0.2, 0.25) is 0 Å². The number of fused-ring (bicyclic) bond motifs is 1. The Labute approximate surface area is 115 Å². The molecule has 0 aliphatic carbocycles. The van der Waals surface area contributed by atoms with Gasteiger partial charge < -0.3 is 19.9 Å². The molecule has 20 heavy (non-hydrogen) atoms. The zero-order valence-corrected chi connectivity index (χ0v) is 10.8. The van der Waals surface area contributed by atoms with Gasteiger partial charge in [-0.2, -0.15) is 0 Å². The SMILES string of the molecule is O=C(NC1(C(=O)O)CCOC1)C1Cc2ccccc2O1. The first-order valence-corrected chi connectivity index (χ1v) is 6.48. The molecule has 1 fully saturated rings. The van der Waals surface area contributed by atoms with Crippen molar-refractivity contribution in [1.82, 2.24) is 5.32 Å². The van der Waals surface area contributed by atoms with Crippen molar-refractivity contribution in [2.24, 2.45) is 0 Å². The van der Waals surface area contributed by atoms with Crippen LogP contribution in [0, 0.1) is 0 Å². The minimum atomic E-state index is -1.32. The number of para-hydroxylation sites is 1. The van der Waals surface area contributed by atoms with E-state index in [0.29, 0.717) is 18.8 Å². The van der Waals surface area contributed by atoms with Gasteiger partial charge in [0.1, 0.15) is 5.75 Å². The minimum Gasteiger partial charge on any atom is -0.480 e. The van der Waals surface area contributed by atoms with Crippen molar-refractivity contribution in [3.8, 4) is 5.75 Å². The normalized spacial score (nSPS) is 27.7. The molecule has 2 atom stereocenters. The molecule has 2 unspecified atom stereocenters. The van der Waals surface area contributed by atoms with E-state index in [1.165, 1.54) is 0 Å². The molecule has 1 saturated heterocycles. The van der Waals surface area contributed by atoms with Crippen molar-refractivity contribution in [2.45, 2.75) is 24.5 Å². The molecular formula is C14H15NO5. The van der Waals surface area contributed by atoms with Gasteiger partial charge in [0, 0.05) is 19.4 Å². The Bertz CT molecular complexity index is 525. The number of benzene rings is 1. The van der Waals surface area contributed by atoms with Gasteiger partial charge in [-0.1, -0.05) is 18.2 Å². The van der Waals surface area contributed by atoms with Crippen LogP contribution in [0.1, 0.15) is 12.0 Å². The fourth-order valence-electron chi connectivity index (χ4n) is 2.53. The Hall–Kier alpha value is -2.08. The van der Waals surface area contributed by atoms with Crippen molar-refractivity contribution in [3.05, 3.63) is 29.8 Å². The summed E-state index contributed by atoms with van der Waals surface area (Å²) in [4.78, 5) is 23.6. The van der Waals surface area contributed by atoms with Gasteiger partial charge in [-0.15, -0.1) is 0 Å². The molecule has 6 nitrogen and oxygen atoms in total. The van der Waals surface area contributed by atoms with E-state index >= 15 is 0 Å². The van der Waals surface area contributed by atoms with Gasteiger partial charge in [-0.05, 0) is 11.6 Å². The third kappa shape index (κ3) is 2.12. The maximum Gasteiger partial charge on any atom is 0.331 e. The number of carbonyl (C=O) groups is 2. The number of ether oxygens (including phenoxy) is 2. The molecule has 2 aliphatic rings. The molecule has 106 valence electrons. The summed E-state index contributed by atoms with van der Waals surface area (Å²) in [6.45, 7) is 0.325. The van der Waals surface area contributed by atoms with Gasteiger partial charge in [0.05, 0.1) is 6.61 Å².